The van der Waals surface area contributed by atoms with Gasteiger partial charge in [0.15, 0.2) is 0 Å². The molecule has 0 radical (unpaired) electrons. The minimum absolute atomic E-state index is 0. The Kier molecular flexibility index (Phi) is 18.2. The van der Waals surface area contributed by atoms with Gasteiger partial charge in [-0.05, 0) is 68.3 Å². The van der Waals surface area contributed by atoms with Crippen molar-refractivity contribution in [3.05, 3.63) is 83.2 Å². The number of terminal acetylenes is 1. The first-order chi connectivity index (χ1) is 24.1. The largest absolute Gasteiger partial charge is 0.477 e. The molecule has 4 aromatic rings. The highest BCUT2D eigenvalue weighted by Gasteiger charge is 2.16. The summed E-state index contributed by atoms with van der Waals surface area (Å²) in [6.07, 6.45) is 12.4. The van der Waals surface area contributed by atoms with Crippen LogP contribution in [0.2, 0.25) is 0 Å². The third-order valence-corrected chi connectivity index (χ3v) is 6.24. The van der Waals surface area contributed by atoms with Gasteiger partial charge < -0.3 is 42.6 Å². The average molecular weight is 701 g/mol. The van der Waals surface area contributed by atoms with Crippen LogP contribution in [0.5, 0.6) is 0 Å². The average Bonchev–Trinajstić information content (AvgIpc) is 3.11. The van der Waals surface area contributed by atoms with Gasteiger partial charge >= 0.3 is 11.9 Å². The maximum Gasteiger partial charge on any atom is 0.343 e. The number of rotatable bonds is 15. The molecule has 270 valence electrons. The second-order valence-electron chi connectivity index (χ2n) is 9.92. The zero-order chi connectivity index (χ0) is 37.1. The summed E-state index contributed by atoms with van der Waals surface area (Å²) in [6.45, 7) is 7.26. The highest BCUT2D eigenvalue weighted by Crippen LogP contribution is 2.20. The van der Waals surface area contributed by atoms with Crippen LogP contribution in [0.3, 0.4) is 0 Å². The summed E-state index contributed by atoms with van der Waals surface area (Å²) < 4.78 is 5.02. The molecule has 4 rings (SSSR count). The van der Waals surface area contributed by atoms with Gasteiger partial charge in [0.1, 0.15) is 22.8 Å². The van der Waals surface area contributed by atoms with Crippen molar-refractivity contribution >= 4 is 58.7 Å². The number of primary amides is 2. The van der Waals surface area contributed by atoms with Crippen LogP contribution in [0.4, 0.5) is 34.9 Å². The number of aromatic nitrogens is 4. The van der Waals surface area contributed by atoms with Gasteiger partial charge in [-0.1, -0.05) is 21.3 Å². The highest BCUT2D eigenvalue weighted by atomic mass is 16.5. The summed E-state index contributed by atoms with van der Waals surface area (Å²) in [7, 11) is 0. The lowest BCUT2D eigenvalue weighted by atomic mass is 10.2. The van der Waals surface area contributed by atoms with E-state index in [2.05, 4.69) is 54.0 Å². The number of nitrogens with zero attached hydrogens (tertiary/aromatic N) is 4. The first kappa shape index (κ1) is 42.3. The molecule has 0 aliphatic heterocycles. The molecular formula is C35H44N10O6. The molecule has 9 N–H and O–H groups in total. The second kappa shape index (κ2) is 22.0. The molecule has 0 saturated carbocycles. The van der Waals surface area contributed by atoms with Crippen LogP contribution in [0.1, 0.15) is 82.5 Å². The lowest BCUT2D eigenvalue weighted by Crippen LogP contribution is -2.14. The third kappa shape index (κ3) is 13.3. The van der Waals surface area contributed by atoms with Gasteiger partial charge in [-0.3, -0.25) is 9.59 Å². The normalized spacial score (nSPS) is 9.59. The number of carbonyl (C=O) groups is 4. The Bertz CT molecular complexity index is 1760. The Morgan fingerprint density at radius 3 is 1.45 bits per heavy atom. The predicted molar refractivity (Wildman–Crippen MR) is 198 cm³/mol. The lowest BCUT2D eigenvalue weighted by molar-refractivity contribution is 0.0525. The van der Waals surface area contributed by atoms with Gasteiger partial charge in [0.05, 0.1) is 6.61 Å². The van der Waals surface area contributed by atoms with E-state index >= 15 is 0 Å². The Hall–Kier alpha value is -6.76. The highest BCUT2D eigenvalue weighted by molar-refractivity contribution is 5.95. The molecule has 0 bridgehead atoms. The number of carbonyl (C=O) groups excluding carboxylic acids is 3. The molecule has 2 aromatic heterocycles. The molecule has 16 heteroatoms. The number of hydrogen-bond donors (Lipinski definition) is 7. The molecule has 2 amide bonds. The molecule has 51 heavy (non-hydrogen) atoms. The number of benzene rings is 2. The summed E-state index contributed by atoms with van der Waals surface area (Å²) in [6, 6.07) is 13.1. The number of nitrogens with two attached hydrogens (primary N) is 2. The van der Waals surface area contributed by atoms with Gasteiger partial charge in [0.25, 0.3) is 0 Å². The first-order valence-electron chi connectivity index (χ1n) is 15.4. The van der Waals surface area contributed by atoms with Crippen LogP contribution in [-0.2, 0) is 4.74 Å². The number of esters is 1. The molecule has 2 aromatic carbocycles. The summed E-state index contributed by atoms with van der Waals surface area (Å²) >= 11 is 0. The van der Waals surface area contributed by atoms with Crippen molar-refractivity contribution in [1.29, 1.82) is 0 Å². The van der Waals surface area contributed by atoms with Gasteiger partial charge in [0, 0.05) is 48.0 Å². The topological polar surface area (TPSA) is 249 Å². The van der Waals surface area contributed by atoms with E-state index in [1.54, 1.807) is 55.5 Å². The van der Waals surface area contributed by atoms with Crippen LogP contribution in [0.15, 0.2) is 60.9 Å². The number of nitrogens with one attached hydrogen (secondary N) is 4. The van der Waals surface area contributed by atoms with E-state index in [-0.39, 0.29) is 36.9 Å². The van der Waals surface area contributed by atoms with Crippen LogP contribution in [0, 0.1) is 12.8 Å². The van der Waals surface area contributed by atoms with Crippen LogP contribution in [-0.4, -0.2) is 68.5 Å². The number of aromatic carboxylic acids is 1. The van der Waals surface area contributed by atoms with Crippen molar-refractivity contribution in [3.63, 3.8) is 0 Å². The molecule has 0 unspecified atom stereocenters. The predicted octanol–water partition coefficient (Wildman–Crippen LogP) is 5.04. The van der Waals surface area contributed by atoms with Crippen molar-refractivity contribution in [3.8, 4) is 12.8 Å². The standard InChI is InChI=1S/C17H21N5O3.C15H17N5O3.C2H2.CH4/c1-3-9-19-15-13(16(24)25-4-2)10-20-17(22-15)21-12-7-5-11(6-8-12)14(18)23;1-2-7-17-13-11(14(22)23)8-18-15(20-13)19-10-5-3-9(4-6-10)12(16)21;1-2;/h5-8,10H,3-4,9H2,1-2H3,(H2,18,23)(H2,19,20,21,22);3-6,8H,2,7H2,1H3,(H2,16,21)(H,22,23)(H2,17,18,19,20);1-2H;1H4. The van der Waals surface area contributed by atoms with Crippen LogP contribution >= 0.6 is 0 Å². The van der Waals surface area contributed by atoms with Crippen molar-refractivity contribution in [2.45, 2.75) is 41.0 Å². The molecule has 16 nitrogen and oxygen atoms in total. The Morgan fingerprint density at radius 2 is 1.10 bits per heavy atom. The fourth-order valence-electron chi connectivity index (χ4n) is 3.85. The SMILES string of the molecule is C.C#C.CCCNc1nc(Nc2ccc(C(N)=O)cc2)ncc1C(=O)O.CCCNc1nc(Nc2ccc(C(N)=O)cc2)ncc1C(=O)OCC. The molecular weight excluding hydrogens is 656 g/mol. The van der Waals surface area contributed by atoms with Crippen molar-refractivity contribution < 1.29 is 29.0 Å². The Morgan fingerprint density at radius 1 is 0.706 bits per heavy atom. The monoisotopic (exact) mass is 700 g/mol. The summed E-state index contributed by atoms with van der Waals surface area (Å²) in [5.41, 5.74) is 12.8. The first-order valence-corrected chi connectivity index (χ1v) is 15.4. The fraction of sp³-hybridized carbons (Fsp3) is 0.257. The molecule has 0 aliphatic carbocycles. The number of carboxylic acids is 1. The van der Waals surface area contributed by atoms with E-state index < -0.39 is 23.8 Å². The van der Waals surface area contributed by atoms with E-state index in [1.807, 2.05) is 13.8 Å². The van der Waals surface area contributed by atoms with E-state index in [1.165, 1.54) is 12.4 Å². The van der Waals surface area contributed by atoms with Crippen LogP contribution in [0.25, 0.3) is 0 Å². The van der Waals surface area contributed by atoms with E-state index in [0.717, 1.165) is 12.8 Å². The maximum atomic E-state index is 12.0. The lowest BCUT2D eigenvalue weighted by Gasteiger charge is -2.12. The molecule has 0 saturated heterocycles. The summed E-state index contributed by atoms with van der Waals surface area (Å²) in [5, 5.41) is 21.2. The maximum absolute atomic E-state index is 12.0. The minimum Gasteiger partial charge on any atom is -0.477 e. The van der Waals surface area contributed by atoms with Crippen molar-refractivity contribution in [2.75, 3.05) is 41.0 Å². The number of carboxylic acid groups (broad SMARTS) is 1. The van der Waals surface area contributed by atoms with Gasteiger partial charge in [0.2, 0.25) is 23.7 Å². The van der Waals surface area contributed by atoms with Crippen molar-refractivity contribution in [2.24, 2.45) is 11.5 Å². The molecule has 0 atom stereocenters. The molecule has 0 spiro atoms. The number of ether oxygens (including phenoxy) is 1. The summed E-state index contributed by atoms with van der Waals surface area (Å²) in [5.74, 6) is -1.34. The number of anilines is 6. The smallest absolute Gasteiger partial charge is 0.343 e. The number of amides is 2. The molecule has 2 heterocycles. The van der Waals surface area contributed by atoms with Crippen molar-refractivity contribution in [1.82, 2.24) is 19.9 Å². The van der Waals surface area contributed by atoms with Gasteiger partial charge in [-0.25, -0.2) is 19.6 Å². The Balaban J connectivity index is 0.000000479. The van der Waals surface area contributed by atoms with E-state index in [0.29, 0.717) is 47.4 Å². The Labute approximate surface area is 296 Å². The third-order valence-electron chi connectivity index (χ3n) is 6.24. The fourth-order valence-corrected chi connectivity index (χ4v) is 3.85. The quantitative estimate of drug-likeness (QED) is 0.0634. The summed E-state index contributed by atoms with van der Waals surface area (Å²) in [4.78, 5) is 61.9. The minimum atomic E-state index is -1.10. The van der Waals surface area contributed by atoms with E-state index in [9.17, 15) is 19.2 Å². The van der Waals surface area contributed by atoms with Crippen LogP contribution < -0.4 is 32.7 Å². The number of hydrogen-bond acceptors (Lipinski definition) is 13. The molecule has 0 aliphatic rings. The zero-order valence-electron chi connectivity index (χ0n) is 27.9. The van der Waals surface area contributed by atoms with E-state index in [4.69, 9.17) is 21.3 Å². The van der Waals surface area contributed by atoms with Gasteiger partial charge in [-0.2, -0.15) is 9.97 Å². The second-order valence-corrected chi connectivity index (χ2v) is 9.92. The zero-order valence-corrected chi connectivity index (χ0v) is 27.9. The molecule has 0 fully saturated rings. The van der Waals surface area contributed by atoms with Gasteiger partial charge in [-0.15, -0.1) is 12.8 Å².